The first-order valence-corrected chi connectivity index (χ1v) is 8.11. The third-order valence-corrected chi connectivity index (χ3v) is 4.43. The van der Waals surface area contributed by atoms with Crippen LogP contribution in [0.2, 0.25) is 0 Å². The molecule has 8 nitrogen and oxygen atoms in total. The Balaban J connectivity index is 1.84. The lowest BCUT2D eigenvalue weighted by atomic mass is 9.72. The molecule has 0 aliphatic heterocycles. The molecule has 0 amide bonds. The van der Waals surface area contributed by atoms with Crippen molar-refractivity contribution < 1.29 is 19.5 Å². The van der Waals surface area contributed by atoms with E-state index in [-0.39, 0.29) is 24.6 Å². The first-order chi connectivity index (χ1) is 11.5. The van der Waals surface area contributed by atoms with Gasteiger partial charge in [-0.25, -0.2) is 0 Å². The van der Waals surface area contributed by atoms with Gasteiger partial charge in [-0.15, -0.1) is 10.1 Å². The Morgan fingerprint density at radius 1 is 1.25 bits per heavy atom. The Morgan fingerprint density at radius 3 is 2.54 bits per heavy atom. The van der Waals surface area contributed by atoms with Crippen molar-refractivity contribution in [1.29, 1.82) is 0 Å². The predicted molar refractivity (Wildman–Crippen MR) is 85.0 cm³/mol. The SMILES string of the molecule is NCC1(CC(=O)OCc2cccc(CO[N+](=O)[O-])n2)CCCCC1. The van der Waals surface area contributed by atoms with Crippen LogP contribution in [0.5, 0.6) is 0 Å². The number of nitrogens with two attached hydrogens (primary N) is 1. The van der Waals surface area contributed by atoms with Gasteiger partial charge in [0, 0.05) is 0 Å². The molecule has 0 bridgehead atoms. The molecule has 0 unspecified atom stereocenters. The molecule has 0 saturated heterocycles. The van der Waals surface area contributed by atoms with Crippen molar-refractivity contribution in [2.45, 2.75) is 51.7 Å². The third kappa shape index (κ3) is 5.45. The zero-order valence-corrected chi connectivity index (χ0v) is 13.6. The largest absolute Gasteiger partial charge is 0.459 e. The van der Waals surface area contributed by atoms with E-state index in [4.69, 9.17) is 10.5 Å². The Kier molecular flexibility index (Phi) is 6.48. The molecule has 1 fully saturated rings. The second-order valence-corrected chi connectivity index (χ2v) is 6.22. The van der Waals surface area contributed by atoms with Gasteiger partial charge in [-0.05, 0) is 36.9 Å². The molecule has 0 radical (unpaired) electrons. The Hall–Kier alpha value is -2.22. The minimum absolute atomic E-state index is 0.0335. The molecule has 1 heterocycles. The fourth-order valence-corrected chi connectivity index (χ4v) is 3.08. The van der Waals surface area contributed by atoms with Crippen LogP contribution in [0.15, 0.2) is 18.2 Å². The summed E-state index contributed by atoms with van der Waals surface area (Å²) in [5, 5.41) is 9.33. The molecule has 1 aliphatic carbocycles. The zero-order valence-electron chi connectivity index (χ0n) is 13.6. The highest BCUT2D eigenvalue weighted by Crippen LogP contribution is 2.38. The van der Waals surface area contributed by atoms with Crippen LogP contribution in [0.1, 0.15) is 49.9 Å². The molecule has 2 N–H and O–H groups in total. The smallest absolute Gasteiger partial charge is 0.306 e. The average Bonchev–Trinajstić information content (AvgIpc) is 2.59. The molecule has 132 valence electrons. The van der Waals surface area contributed by atoms with E-state index in [1.165, 1.54) is 6.42 Å². The average molecular weight is 337 g/mol. The molecule has 0 atom stereocenters. The molecule has 1 aromatic rings. The molecular formula is C16H23N3O5. The zero-order chi connectivity index (χ0) is 17.4. The van der Waals surface area contributed by atoms with E-state index >= 15 is 0 Å². The highest BCUT2D eigenvalue weighted by molar-refractivity contribution is 5.70. The summed E-state index contributed by atoms with van der Waals surface area (Å²) in [5.74, 6) is -0.281. The van der Waals surface area contributed by atoms with Gasteiger partial charge in [0.25, 0.3) is 5.09 Å². The lowest BCUT2D eigenvalue weighted by Gasteiger charge is -2.35. The fraction of sp³-hybridized carbons (Fsp3) is 0.625. The van der Waals surface area contributed by atoms with Gasteiger partial charge in [0.1, 0.15) is 13.2 Å². The summed E-state index contributed by atoms with van der Waals surface area (Å²) in [6.07, 6.45) is 5.65. The van der Waals surface area contributed by atoms with Crippen molar-refractivity contribution in [3.8, 4) is 0 Å². The topological polar surface area (TPSA) is 118 Å². The molecule has 2 rings (SSSR count). The van der Waals surface area contributed by atoms with E-state index < -0.39 is 5.09 Å². The van der Waals surface area contributed by atoms with Crippen LogP contribution in [0.3, 0.4) is 0 Å². The second kappa shape index (κ2) is 8.58. The Bertz CT molecular complexity index is 573. The molecule has 1 aromatic heterocycles. The predicted octanol–water partition coefficient (Wildman–Crippen LogP) is 2.13. The van der Waals surface area contributed by atoms with E-state index in [0.717, 1.165) is 25.7 Å². The van der Waals surface area contributed by atoms with E-state index in [1.807, 2.05) is 0 Å². The van der Waals surface area contributed by atoms with Crippen LogP contribution in [-0.2, 0) is 27.6 Å². The second-order valence-electron chi connectivity index (χ2n) is 6.22. The first-order valence-electron chi connectivity index (χ1n) is 8.11. The Morgan fingerprint density at radius 2 is 1.92 bits per heavy atom. The Labute approximate surface area is 140 Å². The number of carbonyl (C=O) groups is 1. The van der Waals surface area contributed by atoms with Gasteiger partial charge in [-0.2, -0.15) is 0 Å². The van der Waals surface area contributed by atoms with Crippen LogP contribution in [0.4, 0.5) is 0 Å². The van der Waals surface area contributed by atoms with Crippen LogP contribution in [-0.4, -0.2) is 22.6 Å². The van der Waals surface area contributed by atoms with E-state index in [2.05, 4.69) is 9.82 Å². The van der Waals surface area contributed by atoms with Gasteiger partial charge in [0.15, 0.2) is 0 Å². The van der Waals surface area contributed by atoms with Crippen molar-refractivity contribution in [3.63, 3.8) is 0 Å². The number of esters is 1. The van der Waals surface area contributed by atoms with E-state index in [0.29, 0.717) is 24.4 Å². The van der Waals surface area contributed by atoms with Gasteiger partial charge in [0.05, 0.1) is 17.8 Å². The number of rotatable bonds is 8. The summed E-state index contributed by atoms with van der Waals surface area (Å²) in [6, 6.07) is 5.00. The van der Waals surface area contributed by atoms with Gasteiger partial charge in [-0.1, -0.05) is 25.3 Å². The lowest BCUT2D eigenvalue weighted by Crippen LogP contribution is -2.35. The monoisotopic (exact) mass is 337 g/mol. The molecule has 24 heavy (non-hydrogen) atoms. The molecule has 1 saturated carbocycles. The van der Waals surface area contributed by atoms with Crippen LogP contribution < -0.4 is 5.73 Å². The molecule has 0 aromatic carbocycles. The summed E-state index contributed by atoms with van der Waals surface area (Å²) >= 11 is 0. The number of ether oxygens (including phenoxy) is 1. The van der Waals surface area contributed by atoms with Crippen molar-refractivity contribution in [1.82, 2.24) is 4.98 Å². The molecular weight excluding hydrogens is 314 g/mol. The van der Waals surface area contributed by atoms with Gasteiger partial charge >= 0.3 is 5.97 Å². The maximum Gasteiger partial charge on any atom is 0.306 e. The quantitative estimate of drug-likeness (QED) is 0.438. The number of hydrogen-bond donors (Lipinski definition) is 1. The van der Waals surface area contributed by atoms with Gasteiger partial charge in [-0.3, -0.25) is 9.78 Å². The van der Waals surface area contributed by atoms with E-state index in [9.17, 15) is 14.9 Å². The van der Waals surface area contributed by atoms with Crippen molar-refractivity contribution in [2.24, 2.45) is 11.1 Å². The molecule has 0 spiro atoms. The fourth-order valence-electron chi connectivity index (χ4n) is 3.08. The highest BCUT2D eigenvalue weighted by atomic mass is 16.9. The van der Waals surface area contributed by atoms with Gasteiger partial charge < -0.3 is 15.3 Å². The summed E-state index contributed by atoms with van der Waals surface area (Å²) < 4.78 is 5.31. The van der Waals surface area contributed by atoms with Gasteiger partial charge in [0.2, 0.25) is 0 Å². The number of aromatic nitrogens is 1. The summed E-state index contributed by atoms with van der Waals surface area (Å²) in [5.41, 5.74) is 6.68. The number of pyridine rings is 1. The maximum absolute atomic E-state index is 12.1. The van der Waals surface area contributed by atoms with Crippen molar-refractivity contribution >= 4 is 5.97 Å². The van der Waals surface area contributed by atoms with Crippen LogP contribution in [0, 0.1) is 15.5 Å². The van der Waals surface area contributed by atoms with Crippen molar-refractivity contribution in [3.05, 3.63) is 39.7 Å². The van der Waals surface area contributed by atoms with Crippen LogP contribution in [0.25, 0.3) is 0 Å². The standard InChI is InChI=1S/C16H23N3O5/c17-12-16(7-2-1-3-8-16)9-15(20)23-10-13-5-4-6-14(18-13)11-24-19(21)22/h4-6H,1-3,7-12,17H2. The minimum atomic E-state index is -0.870. The number of hydrogen-bond acceptors (Lipinski definition) is 7. The number of carbonyl (C=O) groups excluding carboxylic acids is 1. The minimum Gasteiger partial charge on any atom is -0.459 e. The third-order valence-electron chi connectivity index (χ3n) is 4.43. The summed E-state index contributed by atoms with van der Waals surface area (Å²) in [4.78, 5) is 30.8. The summed E-state index contributed by atoms with van der Waals surface area (Å²) in [6.45, 7) is 0.297. The maximum atomic E-state index is 12.1. The first kappa shape index (κ1) is 18.1. The van der Waals surface area contributed by atoms with Crippen LogP contribution >= 0.6 is 0 Å². The molecule has 1 aliphatic rings. The lowest BCUT2D eigenvalue weighted by molar-refractivity contribution is -0.763. The van der Waals surface area contributed by atoms with E-state index in [1.54, 1.807) is 18.2 Å². The normalized spacial score (nSPS) is 16.4. The highest BCUT2D eigenvalue weighted by Gasteiger charge is 2.33. The summed E-state index contributed by atoms with van der Waals surface area (Å²) in [7, 11) is 0. The number of nitrogens with zero attached hydrogens (tertiary/aromatic N) is 2. The van der Waals surface area contributed by atoms with Crippen molar-refractivity contribution in [2.75, 3.05) is 6.54 Å². The molecule has 8 heteroatoms.